The summed E-state index contributed by atoms with van der Waals surface area (Å²) in [5.41, 5.74) is 3.85. The van der Waals surface area contributed by atoms with Crippen LogP contribution in [0.3, 0.4) is 0 Å². The molecular weight excluding hydrogens is 437 g/mol. The van der Waals surface area contributed by atoms with Gasteiger partial charge in [-0.1, -0.05) is 12.1 Å². The molecule has 4 aromatic rings. The third kappa shape index (κ3) is 4.81. The lowest BCUT2D eigenvalue weighted by Crippen LogP contribution is -2.23. The number of hydrogen-bond donors (Lipinski definition) is 0. The highest BCUT2D eigenvalue weighted by Crippen LogP contribution is 2.27. The minimum atomic E-state index is -4.33. The van der Waals surface area contributed by atoms with Gasteiger partial charge in [0.05, 0.1) is 11.4 Å². The Bertz CT molecular complexity index is 1350. The first-order chi connectivity index (χ1) is 15.6. The van der Waals surface area contributed by atoms with Crippen LogP contribution in [0.1, 0.15) is 16.7 Å². The van der Waals surface area contributed by atoms with Crippen LogP contribution in [0.5, 0.6) is 5.75 Å². The Balaban J connectivity index is 1.55. The molecule has 0 aliphatic carbocycles. The molecule has 0 unspecified atom stereocenters. The van der Waals surface area contributed by atoms with E-state index in [-0.39, 0.29) is 12.3 Å². The highest BCUT2D eigenvalue weighted by Gasteiger charge is 2.28. The molecule has 8 nitrogen and oxygen atoms in total. The maximum atomic E-state index is 12.6. The van der Waals surface area contributed by atoms with Crippen molar-refractivity contribution < 1.29 is 17.9 Å². The number of nitrogens with zero attached hydrogens (tertiary/aromatic N) is 6. The van der Waals surface area contributed by atoms with Crippen LogP contribution in [0.2, 0.25) is 0 Å². The van der Waals surface area contributed by atoms with E-state index in [2.05, 4.69) is 15.5 Å². The molecule has 172 valence electrons. The maximum Gasteiger partial charge on any atom is 0.408 e. The molecule has 0 aliphatic heterocycles. The van der Waals surface area contributed by atoms with E-state index in [1.807, 2.05) is 32.0 Å². The SMILES string of the molecule is Cc1cc(-c2ccn(CC(F)(F)F)n2)ccc1OCc1c(C)cccc1-n1nnn(C)c1=O. The van der Waals surface area contributed by atoms with Gasteiger partial charge < -0.3 is 4.74 Å². The van der Waals surface area contributed by atoms with Crippen LogP contribution in [0, 0.1) is 13.8 Å². The van der Waals surface area contributed by atoms with Gasteiger partial charge in [-0.2, -0.15) is 27.6 Å². The second kappa shape index (κ2) is 8.57. The summed E-state index contributed by atoms with van der Waals surface area (Å²) in [5.74, 6) is 0.606. The quantitative estimate of drug-likeness (QED) is 0.441. The molecule has 0 atom stereocenters. The number of ether oxygens (including phenoxy) is 1. The molecule has 2 heterocycles. The Morgan fingerprint density at radius 1 is 1.03 bits per heavy atom. The second-order valence-corrected chi connectivity index (χ2v) is 7.65. The third-order valence-corrected chi connectivity index (χ3v) is 5.16. The Labute approximate surface area is 186 Å². The van der Waals surface area contributed by atoms with Gasteiger partial charge in [-0.15, -0.1) is 0 Å². The molecule has 0 saturated carbocycles. The van der Waals surface area contributed by atoms with E-state index in [4.69, 9.17) is 4.74 Å². The van der Waals surface area contributed by atoms with Crippen LogP contribution in [0.4, 0.5) is 13.2 Å². The van der Waals surface area contributed by atoms with E-state index in [0.717, 1.165) is 26.1 Å². The number of rotatable bonds is 6. The van der Waals surface area contributed by atoms with Crippen LogP contribution in [0.25, 0.3) is 16.9 Å². The molecule has 0 fully saturated rings. The Kier molecular flexibility index (Phi) is 5.79. The fourth-order valence-electron chi connectivity index (χ4n) is 3.45. The summed E-state index contributed by atoms with van der Waals surface area (Å²) in [5, 5.41) is 11.7. The van der Waals surface area contributed by atoms with Crippen molar-refractivity contribution in [2.24, 2.45) is 7.05 Å². The van der Waals surface area contributed by atoms with Crippen molar-refractivity contribution in [3.05, 3.63) is 75.8 Å². The number of hydrogen-bond acceptors (Lipinski definition) is 5. The van der Waals surface area contributed by atoms with Crippen LogP contribution in [-0.2, 0) is 20.2 Å². The highest BCUT2D eigenvalue weighted by molar-refractivity contribution is 5.61. The predicted molar refractivity (Wildman–Crippen MR) is 114 cm³/mol. The third-order valence-electron chi connectivity index (χ3n) is 5.16. The van der Waals surface area contributed by atoms with Crippen molar-refractivity contribution in [3.8, 4) is 22.7 Å². The molecule has 0 spiro atoms. The van der Waals surface area contributed by atoms with Gasteiger partial charge in [0.15, 0.2) is 0 Å². The zero-order valence-corrected chi connectivity index (χ0v) is 18.2. The highest BCUT2D eigenvalue weighted by atomic mass is 19.4. The molecule has 0 N–H and O–H groups in total. The predicted octanol–water partition coefficient (Wildman–Crippen LogP) is 3.59. The summed E-state index contributed by atoms with van der Waals surface area (Å²) in [6.07, 6.45) is -3.03. The number of aryl methyl sites for hydroxylation is 3. The normalized spacial score (nSPS) is 11.7. The zero-order valence-electron chi connectivity index (χ0n) is 18.2. The number of aromatic nitrogens is 6. The minimum absolute atomic E-state index is 0.186. The van der Waals surface area contributed by atoms with E-state index in [0.29, 0.717) is 22.7 Å². The van der Waals surface area contributed by atoms with Gasteiger partial charge in [-0.3, -0.25) is 4.68 Å². The number of alkyl halides is 3. The lowest BCUT2D eigenvalue weighted by Gasteiger charge is -2.14. The van der Waals surface area contributed by atoms with Crippen LogP contribution in [-0.4, -0.2) is 35.7 Å². The molecule has 33 heavy (non-hydrogen) atoms. The van der Waals surface area contributed by atoms with Crippen LogP contribution < -0.4 is 10.4 Å². The van der Waals surface area contributed by atoms with Crippen molar-refractivity contribution in [1.29, 1.82) is 0 Å². The monoisotopic (exact) mass is 458 g/mol. The van der Waals surface area contributed by atoms with E-state index in [9.17, 15) is 18.0 Å². The molecule has 2 aromatic heterocycles. The molecule has 2 aromatic carbocycles. The van der Waals surface area contributed by atoms with Crippen molar-refractivity contribution >= 4 is 0 Å². The van der Waals surface area contributed by atoms with Gasteiger partial charge in [0.2, 0.25) is 0 Å². The van der Waals surface area contributed by atoms with Crippen molar-refractivity contribution in [3.63, 3.8) is 0 Å². The first-order valence-electron chi connectivity index (χ1n) is 10.0. The van der Waals surface area contributed by atoms with Crippen LogP contribution in [0.15, 0.2) is 53.5 Å². The largest absolute Gasteiger partial charge is 0.489 e. The fraction of sp³-hybridized carbons (Fsp3) is 0.273. The molecule has 0 amide bonds. The molecule has 0 radical (unpaired) electrons. The zero-order chi connectivity index (χ0) is 23.8. The molecular formula is C22H21F3N6O2. The van der Waals surface area contributed by atoms with E-state index < -0.39 is 12.7 Å². The van der Waals surface area contributed by atoms with Gasteiger partial charge >= 0.3 is 11.9 Å². The van der Waals surface area contributed by atoms with E-state index in [1.54, 1.807) is 24.3 Å². The van der Waals surface area contributed by atoms with Gasteiger partial charge in [0.1, 0.15) is 18.9 Å². The topological polar surface area (TPSA) is 79.8 Å². The van der Waals surface area contributed by atoms with Crippen molar-refractivity contribution in [2.45, 2.75) is 33.2 Å². The number of halogens is 3. The Morgan fingerprint density at radius 2 is 1.82 bits per heavy atom. The summed E-state index contributed by atoms with van der Waals surface area (Å²) in [7, 11) is 1.52. The first kappa shape index (κ1) is 22.3. The number of tetrazole rings is 1. The lowest BCUT2D eigenvalue weighted by molar-refractivity contribution is -0.142. The van der Waals surface area contributed by atoms with Crippen LogP contribution >= 0.6 is 0 Å². The van der Waals surface area contributed by atoms with Gasteiger partial charge in [-0.05, 0) is 65.7 Å². The Morgan fingerprint density at radius 3 is 2.48 bits per heavy atom. The molecule has 11 heteroatoms. The van der Waals surface area contributed by atoms with Gasteiger partial charge in [0, 0.05) is 24.4 Å². The summed E-state index contributed by atoms with van der Waals surface area (Å²) >= 11 is 0. The average Bonchev–Trinajstić information content (AvgIpc) is 3.33. The molecule has 0 aliphatic rings. The first-order valence-corrected chi connectivity index (χ1v) is 10.0. The maximum absolute atomic E-state index is 12.6. The standard InChI is InChI=1S/C22H21F3N6O2/c1-14-5-4-6-19(31-21(32)29(3)27-28-31)17(14)12-33-20-8-7-16(11-15(20)2)18-9-10-30(26-18)13-22(23,24)25/h4-11H,12-13H2,1-3H3. The fourth-order valence-corrected chi connectivity index (χ4v) is 3.45. The Hall–Kier alpha value is -3.89. The van der Waals surface area contributed by atoms with Gasteiger partial charge in [0.25, 0.3) is 0 Å². The molecule has 0 bridgehead atoms. The van der Waals surface area contributed by atoms with E-state index >= 15 is 0 Å². The second-order valence-electron chi connectivity index (χ2n) is 7.65. The minimum Gasteiger partial charge on any atom is -0.489 e. The number of benzene rings is 2. The smallest absolute Gasteiger partial charge is 0.408 e. The molecule has 4 rings (SSSR count). The van der Waals surface area contributed by atoms with E-state index in [1.165, 1.54) is 17.9 Å². The summed E-state index contributed by atoms with van der Waals surface area (Å²) in [6.45, 7) is 2.81. The summed E-state index contributed by atoms with van der Waals surface area (Å²) in [6, 6.07) is 12.4. The van der Waals surface area contributed by atoms with Crippen molar-refractivity contribution in [2.75, 3.05) is 0 Å². The average molecular weight is 458 g/mol. The van der Waals surface area contributed by atoms with Crippen molar-refractivity contribution in [1.82, 2.24) is 29.6 Å². The summed E-state index contributed by atoms with van der Waals surface area (Å²) < 4.78 is 47.0. The van der Waals surface area contributed by atoms with Gasteiger partial charge in [-0.25, -0.2) is 4.79 Å². The lowest BCUT2D eigenvalue weighted by atomic mass is 10.1. The summed E-state index contributed by atoms with van der Waals surface area (Å²) in [4.78, 5) is 12.3. The molecule has 0 saturated heterocycles.